The Morgan fingerprint density at radius 1 is 0.479 bits per heavy atom. The van der Waals surface area contributed by atoms with Crippen molar-refractivity contribution in [3.05, 3.63) is 12.2 Å². The lowest BCUT2D eigenvalue weighted by molar-refractivity contribution is -0.303. The van der Waals surface area contributed by atoms with Gasteiger partial charge in [-0.15, -0.1) is 0 Å². The van der Waals surface area contributed by atoms with E-state index in [-0.39, 0.29) is 12.8 Å². The highest BCUT2D eigenvalue weighted by molar-refractivity contribution is 5.80. The molecule has 1 heterocycles. The van der Waals surface area contributed by atoms with Crippen molar-refractivity contribution in [3.63, 3.8) is 0 Å². The lowest BCUT2D eigenvalue weighted by Crippen LogP contribution is -2.60. The van der Waals surface area contributed by atoms with Crippen molar-refractivity contribution in [3.8, 4) is 0 Å². The third kappa shape index (κ3) is 38.1. The van der Waals surface area contributed by atoms with Gasteiger partial charge in [0.05, 0.1) is 25.4 Å². The van der Waals surface area contributed by atoms with E-state index in [1.807, 2.05) is 0 Å². The lowest BCUT2D eigenvalue weighted by atomic mass is 9.98. The monoisotopic (exact) mass is 1010 g/mol. The predicted molar refractivity (Wildman–Crippen MR) is 293 cm³/mol. The zero-order valence-corrected chi connectivity index (χ0v) is 46.2. The molecule has 8 N–H and O–H groups in total. The number of carbonyl (C=O) groups excluding carboxylic acids is 1. The first-order valence-corrected chi connectivity index (χ1v) is 30.6. The van der Waals surface area contributed by atoms with Gasteiger partial charge in [-0.25, -0.2) is 0 Å². The zero-order valence-electron chi connectivity index (χ0n) is 46.2. The van der Waals surface area contributed by atoms with E-state index in [2.05, 4.69) is 31.3 Å². The van der Waals surface area contributed by atoms with E-state index in [1.165, 1.54) is 218 Å². The Morgan fingerprint density at radius 2 is 0.831 bits per heavy atom. The minimum Gasteiger partial charge on any atom is -0.394 e. The van der Waals surface area contributed by atoms with E-state index >= 15 is 0 Å². The number of aliphatic hydroxyl groups excluding tert-OH is 7. The highest BCUT2D eigenvalue weighted by Gasteiger charge is 2.44. The largest absolute Gasteiger partial charge is 0.394 e. The molecule has 0 aliphatic carbocycles. The van der Waals surface area contributed by atoms with Crippen LogP contribution in [0.15, 0.2) is 12.2 Å². The quantitative estimate of drug-likeness (QED) is 0.0215. The minimum absolute atomic E-state index is 0.260. The van der Waals surface area contributed by atoms with Crippen molar-refractivity contribution in [1.29, 1.82) is 0 Å². The van der Waals surface area contributed by atoms with Crippen molar-refractivity contribution in [2.75, 3.05) is 13.2 Å². The van der Waals surface area contributed by atoms with Gasteiger partial charge >= 0.3 is 0 Å². The maximum absolute atomic E-state index is 13.2. The topological polar surface area (TPSA) is 189 Å². The fourth-order valence-electron chi connectivity index (χ4n) is 10.1. The van der Waals surface area contributed by atoms with E-state index in [1.54, 1.807) is 0 Å². The third-order valence-electron chi connectivity index (χ3n) is 15.1. The molecule has 0 aromatic rings. The Kier molecular flexibility index (Phi) is 47.5. The number of rotatable bonds is 53. The molecule has 9 atom stereocenters. The Labute approximate surface area is 436 Å². The van der Waals surface area contributed by atoms with Crippen LogP contribution < -0.4 is 5.32 Å². The van der Waals surface area contributed by atoms with E-state index in [0.717, 1.165) is 38.5 Å². The Hall–Kier alpha value is -1.15. The molecule has 1 rings (SSSR count). The molecule has 1 saturated heterocycles. The van der Waals surface area contributed by atoms with Crippen LogP contribution in [0, 0.1) is 0 Å². The number of aliphatic hydroxyl groups is 7. The van der Waals surface area contributed by atoms with Gasteiger partial charge in [0.1, 0.15) is 36.6 Å². The van der Waals surface area contributed by atoms with Crippen molar-refractivity contribution in [2.24, 2.45) is 0 Å². The lowest BCUT2D eigenvalue weighted by Gasteiger charge is -2.40. The highest BCUT2D eigenvalue weighted by Crippen LogP contribution is 2.24. The summed E-state index contributed by atoms with van der Waals surface area (Å²) in [5, 5.41) is 76.2. The molecule has 0 saturated carbocycles. The number of hydrogen-bond acceptors (Lipinski definition) is 10. The molecule has 0 radical (unpaired) electrons. The Balaban J connectivity index is 2.29. The van der Waals surface area contributed by atoms with Gasteiger partial charge in [0.25, 0.3) is 0 Å². The fraction of sp³-hybridized carbons (Fsp3) is 0.950. The summed E-state index contributed by atoms with van der Waals surface area (Å²) >= 11 is 0. The van der Waals surface area contributed by atoms with Crippen LogP contribution in [0.4, 0.5) is 0 Å². The minimum atomic E-state index is -1.67. The van der Waals surface area contributed by atoms with Crippen LogP contribution >= 0.6 is 0 Å². The van der Waals surface area contributed by atoms with E-state index in [0.29, 0.717) is 12.8 Å². The molecule has 422 valence electrons. The molecule has 1 amide bonds. The maximum atomic E-state index is 13.2. The highest BCUT2D eigenvalue weighted by atomic mass is 16.7. The second kappa shape index (κ2) is 49.7. The summed E-state index contributed by atoms with van der Waals surface area (Å²) in [6.45, 7) is 3.49. The number of carbonyl (C=O) groups is 1. The van der Waals surface area contributed by atoms with Crippen LogP contribution in [0.1, 0.15) is 296 Å². The van der Waals surface area contributed by atoms with Gasteiger partial charge in [0.15, 0.2) is 6.29 Å². The summed E-state index contributed by atoms with van der Waals surface area (Å²) in [4.78, 5) is 13.2. The molecule has 0 spiro atoms. The second-order valence-electron chi connectivity index (χ2n) is 21.8. The Morgan fingerprint density at radius 3 is 1.21 bits per heavy atom. The Bertz CT molecular complexity index is 1160. The summed E-state index contributed by atoms with van der Waals surface area (Å²) in [6.07, 6.45) is 47.0. The van der Waals surface area contributed by atoms with Crippen LogP contribution in [-0.2, 0) is 14.3 Å². The smallest absolute Gasteiger partial charge is 0.249 e. The van der Waals surface area contributed by atoms with Gasteiger partial charge in [0.2, 0.25) is 5.91 Å². The average Bonchev–Trinajstić information content (AvgIpc) is 3.37. The second-order valence-corrected chi connectivity index (χ2v) is 21.8. The van der Waals surface area contributed by atoms with Gasteiger partial charge < -0.3 is 50.5 Å². The summed E-state index contributed by atoms with van der Waals surface area (Å²) in [6, 6.07) is -1.18. The molecular formula is C60H117NO10. The first-order valence-electron chi connectivity index (χ1n) is 30.6. The molecule has 0 aromatic heterocycles. The molecule has 0 aromatic carbocycles. The molecule has 9 unspecified atom stereocenters. The number of nitrogens with one attached hydrogen (secondary N) is 1. The van der Waals surface area contributed by atoms with Crippen LogP contribution in [0.5, 0.6) is 0 Å². The summed E-state index contributed by atoms with van der Waals surface area (Å²) in [7, 11) is 0. The summed E-state index contributed by atoms with van der Waals surface area (Å²) in [5.74, 6) is -0.700. The first kappa shape index (κ1) is 67.9. The number of ether oxygens (including phenoxy) is 2. The van der Waals surface area contributed by atoms with Crippen molar-refractivity contribution in [1.82, 2.24) is 5.32 Å². The maximum Gasteiger partial charge on any atom is 0.249 e. The van der Waals surface area contributed by atoms with Crippen LogP contribution in [0.25, 0.3) is 0 Å². The fourth-order valence-corrected chi connectivity index (χ4v) is 10.1. The van der Waals surface area contributed by atoms with Crippen molar-refractivity contribution in [2.45, 2.75) is 351 Å². The SMILES string of the molecule is CCCCCCCCCCCCCCCCCCC/C=C/CCCC(O)C(O)C(COC1OC(CO)C(O)C(O)C1O)NC(=O)C(O)CCCCCCCCCCCCCCCCCCCCCCCC. The summed E-state index contributed by atoms with van der Waals surface area (Å²) < 4.78 is 11.2. The molecule has 0 bridgehead atoms. The number of unbranched alkanes of at least 4 members (excludes halogenated alkanes) is 39. The van der Waals surface area contributed by atoms with Crippen LogP contribution in [0.2, 0.25) is 0 Å². The molecule has 1 aliphatic heterocycles. The standard InChI is InChI=1S/C60H117NO10/c1-3-5-7-9-11-13-15-17-19-21-23-25-27-29-31-33-35-37-39-41-43-45-47-52(63)55(65)51(50-70-60-58(68)57(67)56(66)54(49-62)71-60)61-59(69)53(64)48-46-44-42-40-38-36-34-32-30-28-26-24-22-20-18-16-14-12-10-8-6-4-2/h39,41,51-58,60,62-68H,3-38,40,42-50H2,1-2H3,(H,61,69)/b41-39+. The number of hydrogen-bond donors (Lipinski definition) is 8. The molecule has 71 heavy (non-hydrogen) atoms. The van der Waals surface area contributed by atoms with Gasteiger partial charge in [-0.2, -0.15) is 0 Å². The predicted octanol–water partition coefficient (Wildman–Crippen LogP) is 13.1. The molecule has 11 nitrogen and oxygen atoms in total. The molecule has 1 aliphatic rings. The normalized spacial score (nSPS) is 20.2. The summed E-state index contributed by atoms with van der Waals surface area (Å²) in [5.41, 5.74) is 0. The third-order valence-corrected chi connectivity index (χ3v) is 15.1. The average molecular weight is 1010 g/mol. The number of amides is 1. The van der Waals surface area contributed by atoms with Gasteiger partial charge in [0, 0.05) is 0 Å². The van der Waals surface area contributed by atoms with Gasteiger partial charge in [-0.3, -0.25) is 4.79 Å². The first-order chi connectivity index (χ1) is 34.7. The van der Waals surface area contributed by atoms with E-state index < -0.39 is 74.2 Å². The molecular weight excluding hydrogens is 895 g/mol. The van der Waals surface area contributed by atoms with Gasteiger partial charge in [-0.05, 0) is 38.5 Å². The van der Waals surface area contributed by atoms with Gasteiger partial charge in [-0.1, -0.05) is 270 Å². The number of allylic oxidation sites excluding steroid dienone is 2. The zero-order chi connectivity index (χ0) is 51.8. The van der Waals surface area contributed by atoms with Crippen LogP contribution in [0.3, 0.4) is 0 Å². The van der Waals surface area contributed by atoms with Crippen molar-refractivity contribution >= 4 is 5.91 Å². The van der Waals surface area contributed by atoms with E-state index in [4.69, 9.17) is 9.47 Å². The van der Waals surface area contributed by atoms with Crippen LogP contribution in [-0.4, -0.2) is 110 Å². The van der Waals surface area contributed by atoms with E-state index in [9.17, 15) is 40.5 Å². The van der Waals surface area contributed by atoms with Crippen molar-refractivity contribution < 1.29 is 50.0 Å². The molecule has 11 heteroatoms. The molecule has 1 fully saturated rings.